The van der Waals surface area contributed by atoms with Crippen LogP contribution < -0.4 is 4.74 Å². The molecular formula is C21H27NO4. The van der Waals surface area contributed by atoms with Crippen molar-refractivity contribution in [1.29, 1.82) is 5.26 Å². The van der Waals surface area contributed by atoms with Gasteiger partial charge in [0, 0.05) is 13.0 Å². The van der Waals surface area contributed by atoms with Crippen molar-refractivity contribution in [2.24, 2.45) is 17.8 Å². The number of aliphatic hydroxyl groups excluding tert-OH is 1. The van der Waals surface area contributed by atoms with E-state index in [2.05, 4.69) is 18.2 Å². The lowest BCUT2D eigenvalue weighted by Gasteiger charge is -2.49. The smallest absolute Gasteiger partial charge is 0.119 e. The Morgan fingerprint density at radius 2 is 2.08 bits per heavy atom. The predicted octanol–water partition coefficient (Wildman–Crippen LogP) is 2.40. The van der Waals surface area contributed by atoms with E-state index in [-0.39, 0.29) is 30.3 Å². The molecule has 140 valence electrons. The molecule has 0 amide bonds. The van der Waals surface area contributed by atoms with Crippen LogP contribution in [0.15, 0.2) is 18.2 Å². The molecule has 2 N–H and O–H groups in total. The summed E-state index contributed by atoms with van der Waals surface area (Å²) in [4.78, 5) is 0. The molecule has 0 saturated heterocycles. The summed E-state index contributed by atoms with van der Waals surface area (Å²) < 4.78 is 11.3. The van der Waals surface area contributed by atoms with Gasteiger partial charge in [-0.3, -0.25) is 0 Å². The zero-order valence-corrected chi connectivity index (χ0v) is 15.4. The second-order valence-electron chi connectivity index (χ2n) is 8.15. The first-order valence-electron chi connectivity index (χ1n) is 9.50. The summed E-state index contributed by atoms with van der Waals surface area (Å²) in [5, 5.41) is 30.8. The molecule has 4 rings (SSSR count). The summed E-state index contributed by atoms with van der Waals surface area (Å²) in [6, 6.07) is 8.37. The zero-order chi connectivity index (χ0) is 18.5. The molecule has 0 heterocycles. The zero-order valence-electron chi connectivity index (χ0n) is 15.4. The molecule has 0 aliphatic heterocycles. The summed E-state index contributed by atoms with van der Waals surface area (Å²) in [5.41, 5.74) is 1.33. The summed E-state index contributed by atoms with van der Waals surface area (Å²) >= 11 is 0. The van der Waals surface area contributed by atoms with Crippen LogP contribution in [0.25, 0.3) is 0 Å². The molecule has 0 radical (unpaired) electrons. The Bertz CT molecular complexity index is 729. The van der Waals surface area contributed by atoms with E-state index in [9.17, 15) is 15.5 Å². The molecule has 0 spiro atoms. The SMILES string of the molecule is COc1ccc2c(c1)CCC1C3CC(O)C(O)(CC#N)C3CC(OC)C21. The average Bonchev–Trinajstić information content (AvgIpc) is 2.91. The van der Waals surface area contributed by atoms with Crippen molar-refractivity contribution in [3.05, 3.63) is 29.3 Å². The normalized spacial score (nSPS) is 40.9. The highest BCUT2D eigenvalue weighted by Gasteiger charge is 2.60. The number of fused-ring (bicyclic) bond motifs is 5. The van der Waals surface area contributed by atoms with Gasteiger partial charge in [-0.2, -0.15) is 5.26 Å². The maximum atomic E-state index is 11.1. The standard InChI is InChI=1S/C21H27NO4/c1-25-13-4-6-14-12(9-13)3-5-15-16-10-19(23)21(24,7-8-22)17(16)11-18(26-2)20(14)15/h4,6,9,15-20,23-24H,3,5,7,10-11H2,1-2H3. The van der Waals surface area contributed by atoms with Crippen molar-refractivity contribution in [3.63, 3.8) is 0 Å². The van der Waals surface area contributed by atoms with Crippen molar-refractivity contribution in [2.45, 2.75) is 55.8 Å². The van der Waals surface area contributed by atoms with Crippen molar-refractivity contribution >= 4 is 0 Å². The largest absolute Gasteiger partial charge is 0.497 e. The lowest BCUT2D eigenvalue weighted by molar-refractivity contribution is -0.112. The van der Waals surface area contributed by atoms with E-state index >= 15 is 0 Å². The number of aliphatic hydroxyl groups is 2. The van der Waals surface area contributed by atoms with E-state index in [1.807, 2.05) is 6.07 Å². The van der Waals surface area contributed by atoms with Crippen molar-refractivity contribution < 1.29 is 19.7 Å². The second-order valence-corrected chi connectivity index (χ2v) is 8.15. The van der Waals surface area contributed by atoms with Gasteiger partial charge in [-0.05, 0) is 66.7 Å². The molecule has 5 heteroatoms. The van der Waals surface area contributed by atoms with Crippen LogP contribution in [0.5, 0.6) is 5.75 Å². The number of rotatable bonds is 3. The van der Waals surface area contributed by atoms with Crippen LogP contribution in [0.1, 0.15) is 42.7 Å². The van der Waals surface area contributed by atoms with Gasteiger partial charge >= 0.3 is 0 Å². The first kappa shape index (κ1) is 17.8. The molecule has 1 aromatic carbocycles. The van der Waals surface area contributed by atoms with Crippen LogP contribution in [0.3, 0.4) is 0 Å². The molecule has 0 aromatic heterocycles. The quantitative estimate of drug-likeness (QED) is 0.868. The van der Waals surface area contributed by atoms with Crippen LogP contribution in [-0.2, 0) is 11.2 Å². The van der Waals surface area contributed by atoms with E-state index in [1.54, 1.807) is 14.2 Å². The lowest BCUT2D eigenvalue weighted by Crippen LogP contribution is -2.50. The Balaban J connectivity index is 1.72. The maximum Gasteiger partial charge on any atom is 0.119 e. The summed E-state index contributed by atoms with van der Waals surface area (Å²) in [6.45, 7) is 0. The molecule has 2 saturated carbocycles. The minimum Gasteiger partial charge on any atom is -0.497 e. The van der Waals surface area contributed by atoms with Gasteiger partial charge in [0.15, 0.2) is 0 Å². The van der Waals surface area contributed by atoms with Gasteiger partial charge < -0.3 is 19.7 Å². The van der Waals surface area contributed by atoms with Crippen LogP contribution in [0.4, 0.5) is 0 Å². The number of aryl methyl sites for hydroxylation is 1. The average molecular weight is 357 g/mol. The number of ether oxygens (including phenoxy) is 2. The van der Waals surface area contributed by atoms with Crippen LogP contribution in [0, 0.1) is 29.1 Å². The monoisotopic (exact) mass is 357 g/mol. The Labute approximate surface area is 154 Å². The van der Waals surface area contributed by atoms with Gasteiger partial charge in [0.2, 0.25) is 0 Å². The van der Waals surface area contributed by atoms with E-state index < -0.39 is 11.7 Å². The topological polar surface area (TPSA) is 82.7 Å². The fourth-order valence-corrected chi connectivity index (χ4v) is 6.05. The number of nitrogens with zero attached hydrogens (tertiary/aromatic N) is 1. The Hall–Kier alpha value is -1.61. The minimum atomic E-state index is -1.30. The molecule has 7 unspecified atom stereocenters. The predicted molar refractivity (Wildman–Crippen MR) is 95.7 cm³/mol. The van der Waals surface area contributed by atoms with Crippen LogP contribution in [-0.4, -0.2) is 42.2 Å². The molecule has 7 atom stereocenters. The van der Waals surface area contributed by atoms with E-state index in [4.69, 9.17) is 9.47 Å². The highest BCUT2D eigenvalue weighted by molar-refractivity contribution is 5.41. The van der Waals surface area contributed by atoms with Gasteiger partial charge in [0.1, 0.15) is 11.4 Å². The highest BCUT2D eigenvalue weighted by atomic mass is 16.5. The fraction of sp³-hybridized carbons (Fsp3) is 0.667. The molecule has 1 aromatic rings. The molecule has 0 bridgehead atoms. The van der Waals surface area contributed by atoms with E-state index in [0.717, 1.165) is 18.6 Å². The van der Waals surface area contributed by atoms with Gasteiger partial charge in [-0.25, -0.2) is 0 Å². The molecule has 3 aliphatic carbocycles. The third-order valence-corrected chi connectivity index (χ3v) is 7.25. The third kappa shape index (κ3) is 2.47. The van der Waals surface area contributed by atoms with Crippen LogP contribution >= 0.6 is 0 Å². The number of hydrogen-bond donors (Lipinski definition) is 2. The van der Waals surface area contributed by atoms with Gasteiger partial charge in [0.25, 0.3) is 0 Å². The van der Waals surface area contributed by atoms with E-state index in [1.165, 1.54) is 11.1 Å². The summed E-state index contributed by atoms with van der Waals surface area (Å²) in [6.07, 6.45) is 2.39. The summed E-state index contributed by atoms with van der Waals surface area (Å²) in [7, 11) is 3.42. The number of hydrogen-bond acceptors (Lipinski definition) is 5. The first-order valence-corrected chi connectivity index (χ1v) is 9.50. The third-order valence-electron chi connectivity index (χ3n) is 7.25. The first-order chi connectivity index (χ1) is 12.5. The Kier molecular flexibility index (Phi) is 4.46. The van der Waals surface area contributed by atoms with Crippen molar-refractivity contribution in [1.82, 2.24) is 0 Å². The Morgan fingerprint density at radius 1 is 1.27 bits per heavy atom. The number of benzene rings is 1. The second kappa shape index (κ2) is 6.53. The van der Waals surface area contributed by atoms with E-state index in [0.29, 0.717) is 18.8 Å². The molecule has 3 aliphatic rings. The Morgan fingerprint density at radius 3 is 2.77 bits per heavy atom. The minimum absolute atomic E-state index is 0.00999. The van der Waals surface area contributed by atoms with Gasteiger partial charge in [-0.15, -0.1) is 0 Å². The molecule has 2 fully saturated rings. The number of methoxy groups -OCH3 is 2. The molecule has 26 heavy (non-hydrogen) atoms. The molecule has 5 nitrogen and oxygen atoms in total. The lowest BCUT2D eigenvalue weighted by atomic mass is 9.58. The fourth-order valence-electron chi connectivity index (χ4n) is 6.05. The highest BCUT2D eigenvalue weighted by Crippen LogP contribution is 2.59. The van der Waals surface area contributed by atoms with Gasteiger partial charge in [0.05, 0.1) is 31.8 Å². The maximum absolute atomic E-state index is 11.1. The van der Waals surface area contributed by atoms with Crippen LogP contribution in [0.2, 0.25) is 0 Å². The summed E-state index contributed by atoms with van der Waals surface area (Å²) in [5.74, 6) is 1.66. The van der Waals surface area contributed by atoms with Gasteiger partial charge in [-0.1, -0.05) is 6.07 Å². The van der Waals surface area contributed by atoms with Crippen molar-refractivity contribution in [3.8, 4) is 11.8 Å². The molecular weight excluding hydrogens is 330 g/mol. The number of nitriles is 1. The van der Waals surface area contributed by atoms with Crippen molar-refractivity contribution in [2.75, 3.05) is 14.2 Å².